The van der Waals surface area contributed by atoms with E-state index in [0.717, 1.165) is 39.5 Å². The molecule has 4 heterocycles. The van der Waals surface area contributed by atoms with Crippen molar-refractivity contribution in [3.63, 3.8) is 0 Å². The number of furan rings is 1. The van der Waals surface area contributed by atoms with E-state index in [4.69, 9.17) is 9.40 Å². The summed E-state index contributed by atoms with van der Waals surface area (Å²) < 4.78 is 9.74. The number of nitrogens with zero attached hydrogens (tertiary/aromatic N) is 4. The highest BCUT2D eigenvalue weighted by atomic mass is 79.9. The Balaban J connectivity index is 1.65. The van der Waals surface area contributed by atoms with Gasteiger partial charge in [0.1, 0.15) is 4.83 Å². The maximum absolute atomic E-state index is 13.4. The van der Waals surface area contributed by atoms with Crippen LogP contribution in [0.25, 0.3) is 27.4 Å². The van der Waals surface area contributed by atoms with Crippen molar-refractivity contribution >= 4 is 43.1 Å². The molecule has 0 fully saturated rings. The van der Waals surface area contributed by atoms with Gasteiger partial charge in [-0.1, -0.05) is 28.1 Å². The molecule has 144 valence electrons. The van der Waals surface area contributed by atoms with Crippen LogP contribution in [0.15, 0.2) is 56.3 Å². The number of halogens is 1. The third-order valence-corrected chi connectivity index (χ3v) is 7.23. The molecule has 1 aliphatic carbocycles. The number of aromatic nitrogens is 4. The SMILES string of the molecule is O=c1n(Cc2ccc(Br)cc2)c2sc3c(c2c2nc(-c4ccco4)nn12)CCC3. The van der Waals surface area contributed by atoms with E-state index in [1.807, 2.05) is 34.9 Å². The Kier molecular flexibility index (Phi) is 3.79. The van der Waals surface area contributed by atoms with Crippen molar-refractivity contribution in [3.8, 4) is 11.6 Å². The topological polar surface area (TPSA) is 65.3 Å². The van der Waals surface area contributed by atoms with Crippen molar-refractivity contribution in [2.24, 2.45) is 0 Å². The first kappa shape index (κ1) is 17.2. The average Bonchev–Trinajstić information content (AvgIpc) is 3.48. The smallest absolute Gasteiger partial charge is 0.352 e. The molecule has 0 N–H and O–H groups in total. The molecular weight excluding hydrogens is 452 g/mol. The minimum Gasteiger partial charge on any atom is -0.461 e. The van der Waals surface area contributed by atoms with Crippen molar-refractivity contribution in [3.05, 3.63) is 73.6 Å². The van der Waals surface area contributed by atoms with E-state index in [2.05, 4.69) is 21.0 Å². The van der Waals surface area contributed by atoms with Crippen LogP contribution in [-0.2, 0) is 19.4 Å². The molecule has 0 saturated carbocycles. The predicted octanol–water partition coefficient (Wildman–Crippen LogP) is 4.67. The summed E-state index contributed by atoms with van der Waals surface area (Å²) in [4.78, 5) is 20.5. The van der Waals surface area contributed by atoms with E-state index in [1.54, 1.807) is 23.7 Å². The summed E-state index contributed by atoms with van der Waals surface area (Å²) >= 11 is 5.19. The highest BCUT2D eigenvalue weighted by molar-refractivity contribution is 9.10. The Labute approximate surface area is 177 Å². The van der Waals surface area contributed by atoms with Crippen LogP contribution >= 0.6 is 27.3 Å². The van der Waals surface area contributed by atoms with E-state index in [1.165, 1.54) is 15.0 Å². The zero-order chi connectivity index (χ0) is 19.5. The van der Waals surface area contributed by atoms with Gasteiger partial charge in [0.15, 0.2) is 11.4 Å². The van der Waals surface area contributed by atoms with Crippen LogP contribution in [0.5, 0.6) is 0 Å². The van der Waals surface area contributed by atoms with Crippen molar-refractivity contribution in [1.82, 2.24) is 19.2 Å². The summed E-state index contributed by atoms with van der Waals surface area (Å²) in [5, 5.41) is 5.56. The maximum atomic E-state index is 13.4. The van der Waals surface area contributed by atoms with Gasteiger partial charge < -0.3 is 4.42 Å². The molecule has 0 amide bonds. The first-order chi connectivity index (χ1) is 14.2. The molecule has 0 radical (unpaired) electrons. The molecule has 1 aromatic carbocycles. The van der Waals surface area contributed by atoms with Crippen LogP contribution in [0.3, 0.4) is 0 Å². The number of aryl methyl sites for hydroxylation is 2. The lowest BCUT2D eigenvalue weighted by atomic mass is 10.2. The third-order valence-electron chi connectivity index (χ3n) is 5.39. The van der Waals surface area contributed by atoms with Crippen LogP contribution in [0.2, 0.25) is 0 Å². The Bertz CT molecular complexity index is 1430. The van der Waals surface area contributed by atoms with Crippen molar-refractivity contribution in [1.29, 1.82) is 0 Å². The van der Waals surface area contributed by atoms with Gasteiger partial charge in [0.05, 0.1) is 18.2 Å². The first-order valence-corrected chi connectivity index (χ1v) is 11.0. The lowest BCUT2D eigenvalue weighted by molar-refractivity contribution is 0.576. The highest BCUT2D eigenvalue weighted by Gasteiger charge is 2.25. The zero-order valence-corrected chi connectivity index (χ0v) is 17.7. The van der Waals surface area contributed by atoms with Crippen LogP contribution < -0.4 is 5.69 Å². The summed E-state index contributed by atoms with van der Waals surface area (Å²) in [6, 6.07) is 11.7. The van der Waals surface area contributed by atoms with Gasteiger partial charge in [0.25, 0.3) is 0 Å². The lowest BCUT2D eigenvalue weighted by Crippen LogP contribution is -2.28. The Morgan fingerprint density at radius 3 is 2.83 bits per heavy atom. The molecule has 0 saturated heterocycles. The number of benzene rings is 1. The molecule has 8 heteroatoms. The summed E-state index contributed by atoms with van der Waals surface area (Å²) in [7, 11) is 0. The van der Waals surface area contributed by atoms with Gasteiger partial charge in [-0.05, 0) is 54.7 Å². The third kappa shape index (κ3) is 2.63. The Morgan fingerprint density at radius 1 is 1.17 bits per heavy atom. The van der Waals surface area contributed by atoms with E-state index in [0.29, 0.717) is 23.8 Å². The molecule has 4 aromatic heterocycles. The van der Waals surface area contributed by atoms with Crippen LogP contribution in [0.1, 0.15) is 22.4 Å². The molecule has 6 rings (SSSR count). The summed E-state index contributed by atoms with van der Waals surface area (Å²) in [5.74, 6) is 1.00. The van der Waals surface area contributed by atoms with Crippen LogP contribution in [-0.4, -0.2) is 19.2 Å². The molecule has 5 aromatic rings. The van der Waals surface area contributed by atoms with Gasteiger partial charge in [0.2, 0.25) is 5.82 Å². The zero-order valence-electron chi connectivity index (χ0n) is 15.3. The minimum absolute atomic E-state index is 0.180. The van der Waals surface area contributed by atoms with Gasteiger partial charge in [-0.2, -0.15) is 4.52 Å². The number of hydrogen-bond donors (Lipinski definition) is 0. The van der Waals surface area contributed by atoms with Crippen LogP contribution in [0, 0.1) is 0 Å². The van der Waals surface area contributed by atoms with Crippen molar-refractivity contribution in [2.45, 2.75) is 25.8 Å². The Hall–Kier alpha value is -2.71. The average molecular weight is 467 g/mol. The predicted molar refractivity (Wildman–Crippen MR) is 116 cm³/mol. The molecule has 0 unspecified atom stereocenters. The van der Waals surface area contributed by atoms with Crippen molar-refractivity contribution < 1.29 is 4.42 Å². The fourth-order valence-electron chi connectivity index (χ4n) is 4.04. The van der Waals surface area contributed by atoms with Gasteiger partial charge in [0, 0.05) is 9.35 Å². The highest BCUT2D eigenvalue weighted by Crippen LogP contribution is 2.39. The summed E-state index contributed by atoms with van der Waals surface area (Å²) in [6.07, 6.45) is 4.82. The number of hydrogen-bond acceptors (Lipinski definition) is 5. The second-order valence-corrected chi connectivity index (χ2v) is 9.18. The van der Waals surface area contributed by atoms with Gasteiger partial charge in [-0.3, -0.25) is 4.57 Å². The number of thiophene rings is 1. The summed E-state index contributed by atoms with van der Waals surface area (Å²) in [6.45, 7) is 0.494. The molecule has 1 aliphatic rings. The molecular formula is C21H15BrN4O2S. The fourth-order valence-corrected chi connectivity index (χ4v) is 5.68. The minimum atomic E-state index is -0.180. The number of fused-ring (bicyclic) bond motifs is 5. The molecule has 0 spiro atoms. The lowest BCUT2D eigenvalue weighted by Gasteiger charge is -2.09. The second-order valence-electron chi connectivity index (χ2n) is 7.18. The standard InChI is InChI=1S/C21H15BrN4O2S/c22-13-8-6-12(7-9-13)11-25-20-17(14-3-1-5-16(14)29-20)19-23-18(15-4-2-10-28-15)24-26(19)21(25)27/h2,4,6-10H,1,3,5,11H2. The monoisotopic (exact) mass is 466 g/mol. The molecule has 0 atom stereocenters. The Morgan fingerprint density at radius 2 is 2.03 bits per heavy atom. The first-order valence-electron chi connectivity index (χ1n) is 9.41. The molecule has 0 bridgehead atoms. The maximum Gasteiger partial charge on any atom is 0.352 e. The molecule has 29 heavy (non-hydrogen) atoms. The van der Waals surface area contributed by atoms with E-state index in [9.17, 15) is 4.79 Å². The normalized spacial score (nSPS) is 13.6. The van der Waals surface area contributed by atoms with E-state index < -0.39 is 0 Å². The van der Waals surface area contributed by atoms with E-state index in [-0.39, 0.29) is 5.69 Å². The van der Waals surface area contributed by atoms with Gasteiger partial charge in [-0.25, -0.2) is 9.78 Å². The van der Waals surface area contributed by atoms with Gasteiger partial charge in [-0.15, -0.1) is 16.4 Å². The second kappa shape index (κ2) is 6.40. The quantitative estimate of drug-likeness (QED) is 0.387. The van der Waals surface area contributed by atoms with Crippen molar-refractivity contribution in [2.75, 3.05) is 0 Å². The fraction of sp³-hybridized carbons (Fsp3) is 0.190. The number of rotatable bonds is 3. The summed E-state index contributed by atoms with van der Waals surface area (Å²) in [5.41, 5.74) is 2.83. The van der Waals surface area contributed by atoms with E-state index >= 15 is 0 Å². The van der Waals surface area contributed by atoms with Crippen LogP contribution in [0.4, 0.5) is 0 Å². The molecule has 6 nitrogen and oxygen atoms in total. The molecule has 0 aliphatic heterocycles. The van der Waals surface area contributed by atoms with Gasteiger partial charge >= 0.3 is 5.69 Å². The largest absolute Gasteiger partial charge is 0.461 e.